The van der Waals surface area contributed by atoms with Crippen molar-refractivity contribution >= 4 is 18.4 Å². The topological polar surface area (TPSA) is 52.6 Å². The molecular formula is C14H24O4SSi. The summed E-state index contributed by atoms with van der Waals surface area (Å²) < 4.78 is 32.5. The Hall–Kier alpha value is -0.693. The van der Waals surface area contributed by atoms with Crippen molar-refractivity contribution in [1.82, 2.24) is 0 Å². The molecule has 114 valence electrons. The fraction of sp³-hybridized carbons (Fsp3) is 0.571. The van der Waals surface area contributed by atoms with Crippen molar-refractivity contribution in [3.05, 3.63) is 35.4 Å². The predicted octanol–water partition coefficient (Wildman–Crippen LogP) is 3.12. The molecule has 20 heavy (non-hydrogen) atoms. The highest BCUT2D eigenvalue weighted by Crippen LogP contribution is 2.22. The first-order chi connectivity index (χ1) is 9.07. The van der Waals surface area contributed by atoms with E-state index in [2.05, 4.69) is 26.6 Å². The van der Waals surface area contributed by atoms with E-state index in [-0.39, 0.29) is 12.7 Å². The summed E-state index contributed by atoms with van der Waals surface area (Å²) in [5, 5.41) is 0. The lowest BCUT2D eigenvalue weighted by molar-refractivity contribution is 0.219. The summed E-state index contributed by atoms with van der Waals surface area (Å²) >= 11 is 0. The van der Waals surface area contributed by atoms with Crippen molar-refractivity contribution < 1.29 is 17.0 Å². The van der Waals surface area contributed by atoms with E-state index in [1.54, 1.807) is 0 Å². The van der Waals surface area contributed by atoms with Gasteiger partial charge in [0, 0.05) is 0 Å². The molecular weight excluding hydrogens is 292 g/mol. The molecule has 0 aromatic heterocycles. The molecule has 4 nitrogen and oxygen atoms in total. The second-order valence-corrected chi connectivity index (χ2v) is 12.0. The average molecular weight is 316 g/mol. The minimum Gasteiger partial charge on any atom is -0.411 e. The Kier molecular flexibility index (Phi) is 5.94. The molecule has 1 atom stereocenters. The lowest BCUT2D eigenvalue weighted by atomic mass is 10.1. The van der Waals surface area contributed by atoms with Crippen LogP contribution in [0.25, 0.3) is 0 Å². The molecule has 1 unspecified atom stereocenters. The molecule has 0 spiro atoms. The van der Waals surface area contributed by atoms with Gasteiger partial charge in [-0.2, -0.15) is 8.42 Å². The minimum atomic E-state index is -3.35. The molecule has 1 aromatic rings. The van der Waals surface area contributed by atoms with Crippen molar-refractivity contribution in [3.63, 3.8) is 0 Å². The van der Waals surface area contributed by atoms with Gasteiger partial charge in [-0.05, 0) is 44.1 Å². The van der Waals surface area contributed by atoms with Gasteiger partial charge in [0.05, 0.1) is 19.0 Å². The smallest absolute Gasteiger partial charge is 0.264 e. The van der Waals surface area contributed by atoms with Crippen LogP contribution in [-0.2, 0) is 25.1 Å². The van der Waals surface area contributed by atoms with Crippen LogP contribution in [0.4, 0.5) is 0 Å². The van der Waals surface area contributed by atoms with Gasteiger partial charge in [-0.25, -0.2) is 0 Å². The molecule has 0 bridgehead atoms. The highest BCUT2D eigenvalue weighted by Gasteiger charge is 2.19. The van der Waals surface area contributed by atoms with Crippen molar-refractivity contribution in [2.45, 2.75) is 39.1 Å². The third-order valence-corrected chi connectivity index (χ3v) is 4.32. The van der Waals surface area contributed by atoms with E-state index in [4.69, 9.17) is 8.61 Å². The quantitative estimate of drug-likeness (QED) is 0.573. The first-order valence-corrected chi connectivity index (χ1v) is 11.9. The van der Waals surface area contributed by atoms with Gasteiger partial charge in [0.15, 0.2) is 8.32 Å². The van der Waals surface area contributed by atoms with E-state index in [9.17, 15) is 8.42 Å². The van der Waals surface area contributed by atoms with Crippen molar-refractivity contribution in [1.29, 1.82) is 0 Å². The zero-order chi connectivity index (χ0) is 15.4. The van der Waals surface area contributed by atoms with Crippen LogP contribution in [-0.4, -0.2) is 29.6 Å². The summed E-state index contributed by atoms with van der Waals surface area (Å²) in [7, 11) is -4.90. The average Bonchev–Trinajstić information content (AvgIpc) is 2.25. The van der Waals surface area contributed by atoms with Crippen LogP contribution >= 0.6 is 0 Å². The van der Waals surface area contributed by atoms with Crippen LogP contribution in [0.15, 0.2) is 24.3 Å². The van der Waals surface area contributed by atoms with E-state index in [0.717, 1.165) is 17.4 Å². The Morgan fingerprint density at radius 3 is 2.15 bits per heavy atom. The molecule has 1 aromatic carbocycles. The maximum absolute atomic E-state index is 10.9. The minimum absolute atomic E-state index is 0.0861. The molecule has 0 heterocycles. The molecule has 0 aliphatic carbocycles. The first-order valence-electron chi connectivity index (χ1n) is 6.68. The van der Waals surface area contributed by atoms with Crippen molar-refractivity contribution in [3.8, 4) is 0 Å². The third-order valence-electron chi connectivity index (χ3n) is 2.67. The molecule has 0 aliphatic rings. The lowest BCUT2D eigenvalue weighted by Crippen LogP contribution is -2.26. The van der Waals surface area contributed by atoms with E-state index in [1.807, 2.05) is 24.3 Å². The van der Waals surface area contributed by atoms with Crippen LogP contribution in [0.3, 0.4) is 0 Å². The fourth-order valence-electron chi connectivity index (χ4n) is 1.86. The standard InChI is InChI=1S/C14H24O4SSi/c1-12(18-20(3,4)5)14-8-6-13(7-9-14)10-11-17-19(2,15)16/h6-9,12H,10-11H2,1-5H3. The van der Waals surface area contributed by atoms with Gasteiger partial charge in [-0.1, -0.05) is 24.3 Å². The lowest BCUT2D eigenvalue weighted by Gasteiger charge is -2.23. The van der Waals surface area contributed by atoms with Gasteiger partial charge in [-0.15, -0.1) is 0 Å². The summed E-state index contributed by atoms with van der Waals surface area (Å²) in [5.74, 6) is 0. The number of rotatable bonds is 7. The number of benzene rings is 1. The van der Waals surface area contributed by atoms with Gasteiger partial charge in [0.2, 0.25) is 0 Å². The van der Waals surface area contributed by atoms with E-state index in [1.165, 1.54) is 0 Å². The molecule has 0 N–H and O–H groups in total. The maximum Gasteiger partial charge on any atom is 0.264 e. The molecule has 1 rings (SSSR count). The van der Waals surface area contributed by atoms with Crippen LogP contribution in [0.5, 0.6) is 0 Å². The van der Waals surface area contributed by atoms with Crippen molar-refractivity contribution in [2.75, 3.05) is 12.9 Å². The zero-order valence-electron chi connectivity index (χ0n) is 12.8. The van der Waals surface area contributed by atoms with E-state index in [0.29, 0.717) is 6.42 Å². The highest BCUT2D eigenvalue weighted by molar-refractivity contribution is 7.85. The molecule has 0 amide bonds. The first kappa shape index (κ1) is 17.4. The fourth-order valence-corrected chi connectivity index (χ4v) is 3.45. The summed E-state index contributed by atoms with van der Waals surface area (Å²) in [6.07, 6.45) is 1.73. The number of hydrogen-bond acceptors (Lipinski definition) is 4. The molecule has 6 heteroatoms. The molecule has 0 aliphatic heterocycles. The van der Waals surface area contributed by atoms with Crippen LogP contribution in [0.1, 0.15) is 24.2 Å². The van der Waals surface area contributed by atoms with E-state index < -0.39 is 18.4 Å². The maximum atomic E-state index is 10.9. The SMILES string of the molecule is CC(O[Si](C)(C)C)c1ccc(CCOS(C)(=O)=O)cc1. The van der Waals surface area contributed by atoms with Gasteiger partial charge >= 0.3 is 0 Å². The van der Waals surface area contributed by atoms with Gasteiger partial charge in [-0.3, -0.25) is 4.18 Å². The Morgan fingerprint density at radius 1 is 1.15 bits per heavy atom. The summed E-state index contributed by atoms with van der Waals surface area (Å²) in [5.41, 5.74) is 2.19. The summed E-state index contributed by atoms with van der Waals surface area (Å²) in [4.78, 5) is 0. The monoisotopic (exact) mass is 316 g/mol. The zero-order valence-corrected chi connectivity index (χ0v) is 14.7. The Morgan fingerprint density at radius 2 is 1.70 bits per heavy atom. The van der Waals surface area contributed by atoms with Crippen molar-refractivity contribution in [2.24, 2.45) is 0 Å². The Labute approximate surface area is 123 Å². The van der Waals surface area contributed by atoms with E-state index >= 15 is 0 Å². The van der Waals surface area contributed by atoms with Crippen LogP contribution < -0.4 is 0 Å². The normalized spacial score (nSPS) is 14.2. The summed E-state index contributed by atoms with van der Waals surface area (Å²) in [6, 6.07) is 8.04. The summed E-state index contributed by atoms with van der Waals surface area (Å²) in [6.45, 7) is 8.74. The largest absolute Gasteiger partial charge is 0.411 e. The molecule has 0 saturated carbocycles. The second-order valence-electron chi connectivity index (χ2n) is 5.89. The van der Waals surface area contributed by atoms with Gasteiger partial charge < -0.3 is 4.43 Å². The predicted molar refractivity (Wildman–Crippen MR) is 83.8 cm³/mol. The Bertz CT molecular complexity index is 517. The third kappa shape index (κ3) is 7.19. The van der Waals surface area contributed by atoms with Gasteiger partial charge in [0.25, 0.3) is 10.1 Å². The highest BCUT2D eigenvalue weighted by atomic mass is 32.2. The second kappa shape index (κ2) is 6.84. The molecule has 0 radical (unpaired) electrons. The van der Waals surface area contributed by atoms with Crippen LogP contribution in [0, 0.1) is 0 Å². The molecule has 0 saturated heterocycles. The number of hydrogen-bond donors (Lipinski definition) is 0. The van der Waals surface area contributed by atoms with Crippen LogP contribution in [0.2, 0.25) is 19.6 Å². The molecule has 0 fully saturated rings. The Balaban J connectivity index is 2.56. The van der Waals surface area contributed by atoms with Gasteiger partial charge in [0.1, 0.15) is 0 Å².